The summed E-state index contributed by atoms with van der Waals surface area (Å²) in [5.41, 5.74) is 1.68. The summed E-state index contributed by atoms with van der Waals surface area (Å²) in [5.74, 6) is 0.0719. The van der Waals surface area contributed by atoms with Crippen molar-refractivity contribution in [3.8, 4) is 0 Å². The van der Waals surface area contributed by atoms with Gasteiger partial charge in [0.2, 0.25) is 0 Å². The van der Waals surface area contributed by atoms with Crippen LogP contribution in [0.4, 0.5) is 5.69 Å². The number of rotatable bonds is 4. The fraction of sp³-hybridized carbons (Fsp3) is 0.250. The van der Waals surface area contributed by atoms with Gasteiger partial charge in [0.25, 0.3) is 11.8 Å². The van der Waals surface area contributed by atoms with Crippen molar-refractivity contribution in [2.45, 2.75) is 20.3 Å². The van der Waals surface area contributed by atoms with Gasteiger partial charge in [-0.25, -0.2) is 4.90 Å². The van der Waals surface area contributed by atoms with E-state index in [-0.39, 0.29) is 11.8 Å². The van der Waals surface area contributed by atoms with Gasteiger partial charge in [0.1, 0.15) is 0 Å². The molecule has 1 aromatic carbocycles. The molecule has 1 aliphatic rings. The quantitative estimate of drug-likeness (QED) is 0.775. The highest BCUT2D eigenvalue weighted by atomic mass is 16.2. The second-order valence-electron chi connectivity index (χ2n) is 4.97. The Morgan fingerprint density at radius 3 is 2.16 bits per heavy atom. The Bertz CT molecular complexity index is 520. The maximum absolute atomic E-state index is 11.5. The predicted octanol–water partition coefficient (Wildman–Crippen LogP) is 3.18. The second kappa shape index (κ2) is 5.65. The van der Waals surface area contributed by atoms with Gasteiger partial charge < -0.3 is 0 Å². The van der Waals surface area contributed by atoms with E-state index in [0.29, 0.717) is 11.6 Å². The first kappa shape index (κ1) is 13.3. The van der Waals surface area contributed by atoms with Crippen molar-refractivity contribution in [1.29, 1.82) is 0 Å². The first-order chi connectivity index (χ1) is 9.08. The highest BCUT2D eigenvalue weighted by Gasteiger charge is 2.24. The van der Waals surface area contributed by atoms with E-state index in [4.69, 9.17) is 0 Å². The lowest BCUT2D eigenvalue weighted by Gasteiger charge is -2.13. The van der Waals surface area contributed by atoms with Crippen LogP contribution in [-0.2, 0) is 9.59 Å². The van der Waals surface area contributed by atoms with Crippen molar-refractivity contribution in [1.82, 2.24) is 0 Å². The molecule has 0 N–H and O–H groups in total. The summed E-state index contributed by atoms with van der Waals surface area (Å²) in [4.78, 5) is 24.2. The van der Waals surface area contributed by atoms with Gasteiger partial charge in [0.15, 0.2) is 0 Å². The van der Waals surface area contributed by atoms with Crippen LogP contribution >= 0.6 is 0 Å². The molecule has 1 aromatic rings. The van der Waals surface area contributed by atoms with Crippen molar-refractivity contribution in [3.63, 3.8) is 0 Å². The topological polar surface area (TPSA) is 37.4 Å². The molecule has 0 atom stereocenters. The summed E-state index contributed by atoms with van der Waals surface area (Å²) >= 11 is 0. The molecule has 0 bridgehead atoms. The Hall–Kier alpha value is -2.16. The lowest BCUT2D eigenvalue weighted by molar-refractivity contribution is -0.119. The summed E-state index contributed by atoms with van der Waals surface area (Å²) in [6.07, 6.45) is 7.80. The number of anilines is 1. The molecule has 0 saturated carbocycles. The van der Waals surface area contributed by atoms with E-state index in [1.54, 1.807) is 12.1 Å². The lowest BCUT2D eigenvalue weighted by atomic mass is 10.1. The third kappa shape index (κ3) is 3.19. The van der Waals surface area contributed by atoms with Crippen LogP contribution in [0.3, 0.4) is 0 Å². The molecule has 0 radical (unpaired) electrons. The number of hydrogen-bond donors (Lipinski definition) is 0. The summed E-state index contributed by atoms with van der Waals surface area (Å²) in [6.45, 7) is 4.34. The molecule has 1 aliphatic heterocycles. The molecular weight excluding hydrogens is 238 g/mol. The molecule has 98 valence electrons. The maximum atomic E-state index is 11.5. The number of imide groups is 1. The third-order valence-electron chi connectivity index (χ3n) is 2.88. The number of hydrogen-bond acceptors (Lipinski definition) is 2. The van der Waals surface area contributed by atoms with Crippen LogP contribution in [0.1, 0.15) is 25.8 Å². The van der Waals surface area contributed by atoms with Gasteiger partial charge in [-0.2, -0.15) is 0 Å². The van der Waals surface area contributed by atoms with Crippen LogP contribution in [0, 0.1) is 5.92 Å². The molecule has 0 spiro atoms. The smallest absolute Gasteiger partial charge is 0.258 e. The van der Waals surface area contributed by atoms with Crippen LogP contribution in [-0.4, -0.2) is 11.8 Å². The first-order valence-electron chi connectivity index (χ1n) is 6.40. The summed E-state index contributed by atoms with van der Waals surface area (Å²) in [7, 11) is 0. The van der Waals surface area contributed by atoms with Gasteiger partial charge in [-0.1, -0.05) is 38.1 Å². The van der Waals surface area contributed by atoms with Gasteiger partial charge in [0, 0.05) is 12.2 Å². The average Bonchev–Trinajstić information content (AvgIpc) is 2.70. The Morgan fingerprint density at radius 2 is 1.63 bits per heavy atom. The van der Waals surface area contributed by atoms with Crippen molar-refractivity contribution >= 4 is 23.6 Å². The minimum Gasteiger partial charge on any atom is -0.269 e. The van der Waals surface area contributed by atoms with Gasteiger partial charge in [-0.05, 0) is 30.0 Å². The minimum absolute atomic E-state index is 0.284. The summed E-state index contributed by atoms with van der Waals surface area (Å²) in [6, 6.07) is 7.39. The largest absolute Gasteiger partial charge is 0.269 e. The van der Waals surface area contributed by atoms with Crippen LogP contribution in [0.2, 0.25) is 0 Å². The number of benzene rings is 1. The molecule has 0 fully saturated rings. The second-order valence-corrected chi connectivity index (χ2v) is 4.97. The third-order valence-corrected chi connectivity index (χ3v) is 2.88. The summed E-state index contributed by atoms with van der Waals surface area (Å²) in [5, 5.41) is 0. The molecule has 2 amide bonds. The van der Waals surface area contributed by atoms with E-state index in [1.807, 2.05) is 12.1 Å². The van der Waals surface area contributed by atoms with E-state index < -0.39 is 0 Å². The van der Waals surface area contributed by atoms with Gasteiger partial charge in [0.05, 0.1) is 5.69 Å². The molecule has 3 nitrogen and oxygen atoms in total. The molecule has 0 aromatic heterocycles. The van der Waals surface area contributed by atoms with Crippen molar-refractivity contribution < 1.29 is 9.59 Å². The van der Waals surface area contributed by atoms with Gasteiger partial charge in [-0.15, -0.1) is 0 Å². The zero-order chi connectivity index (χ0) is 13.8. The molecule has 2 rings (SSSR count). The van der Waals surface area contributed by atoms with Crippen LogP contribution in [0.15, 0.2) is 42.5 Å². The predicted molar refractivity (Wildman–Crippen MR) is 76.6 cm³/mol. The Labute approximate surface area is 113 Å². The SMILES string of the molecule is CC(C)CC=Cc1ccc(N2C(=O)C=CC2=O)cc1. The molecule has 3 heteroatoms. The zero-order valence-electron chi connectivity index (χ0n) is 11.2. The minimum atomic E-state index is -0.284. The highest BCUT2D eigenvalue weighted by Crippen LogP contribution is 2.20. The van der Waals surface area contributed by atoms with Crippen LogP contribution in [0.25, 0.3) is 6.08 Å². The molecule has 0 aliphatic carbocycles. The standard InChI is InChI=1S/C16H17NO2/c1-12(2)4-3-5-13-6-8-14(9-7-13)17-15(18)10-11-16(17)19/h3,5-12H,4H2,1-2H3. The van der Waals surface area contributed by atoms with Crippen molar-refractivity contribution in [2.75, 3.05) is 4.90 Å². The van der Waals surface area contributed by atoms with E-state index >= 15 is 0 Å². The first-order valence-corrected chi connectivity index (χ1v) is 6.40. The van der Waals surface area contributed by atoms with Crippen LogP contribution in [0.5, 0.6) is 0 Å². The van der Waals surface area contributed by atoms with E-state index in [2.05, 4.69) is 26.0 Å². The van der Waals surface area contributed by atoms with E-state index in [1.165, 1.54) is 17.1 Å². The zero-order valence-corrected chi connectivity index (χ0v) is 11.2. The molecular formula is C16H17NO2. The number of carbonyl (C=O) groups is 2. The van der Waals surface area contributed by atoms with Gasteiger partial charge >= 0.3 is 0 Å². The van der Waals surface area contributed by atoms with Crippen molar-refractivity contribution in [3.05, 3.63) is 48.1 Å². The Morgan fingerprint density at radius 1 is 1.05 bits per heavy atom. The monoisotopic (exact) mass is 255 g/mol. The molecule has 19 heavy (non-hydrogen) atoms. The number of carbonyl (C=O) groups excluding carboxylic acids is 2. The Balaban J connectivity index is 2.09. The van der Waals surface area contributed by atoms with Crippen LogP contribution < -0.4 is 4.90 Å². The lowest BCUT2D eigenvalue weighted by Crippen LogP contribution is -2.29. The maximum Gasteiger partial charge on any atom is 0.258 e. The average molecular weight is 255 g/mol. The molecule has 1 heterocycles. The molecule has 0 unspecified atom stereocenters. The van der Waals surface area contributed by atoms with E-state index in [9.17, 15) is 9.59 Å². The number of allylic oxidation sites excluding steroid dienone is 1. The Kier molecular flexibility index (Phi) is 3.95. The number of amides is 2. The van der Waals surface area contributed by atoms with E-state index in [0.717, 1.165) is 12.0 Å². The fourth-order valence-electron chi connectivity index (χ4n) is 1.87. The van der Waals surface area contributed by atoms with Crippen molar-refractivity contribution in [2.24, 2.45) is 5.92 Å². The fourth-order valence-corrected chi connectivity index (χ4v) is 1.87. The summed E-state index contributed by atoms with van der Waals surface area (Å²) < 4.78 is 0. The normalized spacial score (nSPS) is 15.2. The van der Waals surface area contributed by atoms with Gasteiger partial charge in [-0.3, -0.25) is 9.59 Å². The number of nitrogens with zero attached hydrogens (tertiary/aromatic N) is 1. The highest BCUT2D eigenvalue weighted by molar-refractivity contribution is 6.28. The molecule has 0 saturated heterocycles.